The molecule has 11 heavy (non-hydrogen) atoms. The summed E-state index contributed by atoms with van der Waals surface area (Å²) in [6, 6.07) is 0. The molecule has 0 aromatic rings. The third-order valence-electron chi connectivity index (χ3n) is 2.09. The zero-order valence-electron chi connectivity index (χ0n) is 7.53. The first-order valence-corrected chi connectivity index (χ1v) is 4.64. The monoisotopic (exact) mass is 153 g/mol. The molecule has 1 N–H and O–H groups in total. The van der Waals surface area contributed by atoms with Gasteiger partial charge in [-0.2, -0.15) is 0 Å². The smallest absolute Gasteiger partial charge is 0.0159 e. The van der Waals surface area contributed by atoms with Gasteiger partial charge < -0.3 is 5.32 Å². The normalized spacial score (nSPS) is 16.8. The Labute approximate surface area is 69.9 Å². The Morgan fingerprint density at radius 1 is 1.55 bits per heavy atom. The van der Waals surface area contributed by atoms with E-state index in [2.05, 4.69) is 18.8 Å². The van der Waals surface area contributed by atoms with Gasteiger partial charge in [-0.3, -0.25) is 0 Å². The van der Waals surface area contributed by atoms with Gasteiger partial charge in [0.05, 0.1) is 0 Å². The standard InChI is InChI=1S/C10H19N/c1-9(2)8-11-7-3-4-10-5-6-10/h10-11H,1,3-8H2,2H3. The Kier molecular flexibility index (Phi) is 3.64. The van der Waals surface area contributed by atoms with Gasteiger partial charge in [-0.25, -0.2) is 0 Å². The fourth-order valence-corrected chi connectivity index (χ4v) is 1.22. The first-order valence-electron chi connectivity index (χ1n) is 4.64. The number of rotatable bonds is 6. The highest BCUT2D eigenvalue weighted by Crippen LogP contribution is 2.33. The predicted octanol–water partition coefficient (Wildman–Crippen LogP) is 2.34. The second-order valence-corrected chi connectivity index (χ2v) is 3.72. The van der Waals surface area contributed by atoms with Crippen LogP contribution in [0.25, 0.3) is 0 Å². The highest BCUT2D eigenvalue weighted by atomic mass is 14.8. The fraction of sp³-hybridized carbons (Fsp3) is 0.800. The van der Waals surface area contributed by atoms with Crippen molar-refractivity contribution in [2.75, 3.05) is 13.1 Å². The summed E-state index contributed by atoms with van der Waals surface area (Å²) in [6.07, 6.45) is 5.75. The van der Waals surface area contributed by atoms with Crippen molar-refractivity contribution >= 4 is 0 Å². The van der Waals surface area contributed by atoms with Crippen LogP contribution in [0.2, 0.25) is 0 Å². The minimum atomic E-state index is 0.991. The van der Waals surface area contributed by atoms with E-state index in [1.807, 2.05) is 0 Å². The van der Waals surface area contributed by atoms with E-state index >= 15 is 0 Å². The lowest BCUT2D eigenvalue weighted by atomic mass is 10.2. The van der Waals surface area contributed by atoms with Gasteiger partial charge in [-0.1, -0.05) is 25.0 Å². The lowest BCUT2D eigenvalue weighted by molar-refractivity contribution is 0.612. The molecule has 0 bridgehead atoms. The molecule has 0 aromatic heterocycles. The van der Waals surface area contributed by atoms with Gasteiger partial charge >= 0.3 is 0 Å². The summed E-state index contributed by atoms with van der Waals surface area (Å²) in [5, 5.41) is 3.37. The molecule has 1 rings (SSSR count). The number of nitrogens with one attached hydrogen (secondary N) is 1. The molecule has 0 aliphatic heterocycles. The molecule has 64 valence electrons. The second-order valence-electron chi connectivity index (χ2n) is 3.72. The van der Waals surface area contributed by atoms with Gasteiger partial charge in [0.15, 0.2) is 0 Å². The topological polar surface area (TPSA) is 12.0 Å². The highest BCUT2D eigenvalue weighted by Gasteiger charge is 2.19. The maximum atomic E-state index is 3.84. The maximum Gasteiger partial charge on any atom is 0.0159 e. The summed E-state index contributed by atoms with van der Waals surface area (Å²) in [7, 11) is 0. The van der Waals surface area contributed by atoms with Crippen molar-refractivity contribution in [2.45, 2.75) is 32.6 Å². The van der Waals surface area contributed by atoms with Gasteiger partial charge in [0.25, 0.3) is 0 Å². The summed E-state index contributed by atoms with van der Waals surface area (Å²) in [5.41, 5.74) is 1.23. The summed E-state index contributed by atoms with van der Waals surface area (Å²) in [4.78, 5) is 0. The number of hydrogen-bond donors (Lipinski definition) is 1. The van der Waals surface area contributed by atoms with Gasteiger partial charge in [0.2, 0.25) is 0 Å². The number of hydrogen-bond acceptors (Lipinski definition) is 1. The summed E-state index contributed by atoms with van der Waals surface area (Å²) in [5.74, 6) is 1.08. The molecular formula is C10H19N. The van der Waals surface area contributed by atoms with E-state index in [9.17, 15) is 0 Å². The molecule has 0 aromatic carbocycles. The minimum absolute atomic E-state index is 0.991. The van der Waals surface area contributed by atoms with Crippen molar-refractivity contribution in [1.29, 1.82) is 0 Å². The average Bonchev–Trinajstić information content (AvgIpc) is 2.70. The van der Waals surface area contributed by atoms with E-state index < -0.39 is 0 Å². The largest absolute Gasteiger partial charge is 0.313 e. The molecule has 1 heteroatoms. The summed E-state index contributed by atoms with van der Waals surface area (Å²) < 4.78 is 0. The molecule has 1 saturated carbocycles. The van der Waals surface area contributed by atoms with E-state index in [4.69, 9.17) is 0 Å². The quantitative estimate of drug-likeness (QED) is 0.456. The van der Waals surface area contributed by atoms with Crippen LogP contribution in [-0.4, -0.2) is 13.1 Å². The van der Waals surface area contributed by atoms with Crippen molar-refractivity contribution in [2.24, 2.45) is 5.92 Å². The first kappa shape index (κ1) is 8.79. The maximum absolute atomic E-state index is 3.84. The van der Waals surface area contributed by atoms with E-state index in [0.29, 0.717) is 0 Å². The molecule has 0 heterocycles. The molecule has 0 saturated heterocycles. The third-order valence-corrected chi connectivity index (χ3v) is 2.09. The van der Waals surface area contributed by atoms with Crippen LogP contribution in [0.5, 0.6) is 0 Å². The van der Waals surface area contributed by atoms with Crippen molar-refractivity contribution in [1.82, 2.24) is 5.32 Å². The van der Waals surface area contributed by atoms with Crippen molar-refractivity contribution < 1.29 is 0 Å². The second kappa shape index (κ2) is 4.55. The van der Waals surface area contributed by atoms with Gasteiger partial charge in [0, 0.05) is 6.54 Å². The van der Waals surface area contributed by atoms with Crippen LogP contribution in [0.15, 0.2) is 12.2 Å². The molecule has 1 aliphatic rings. The van der Waals surface area contributed by atoms with E-state index in [0.717, 1.165) is 12.5 Å². The van der Waals surface area contributed by atoms with Crippen molar-refractivity contribution in [3.05, 3.63) is 12.2 Å². The summed E-state index contributed by atoms with van der Waals surface area (Å²) in [6.45, 7) is 8.06. The Hall–Kier alpha value is -0.300. The fourth-order valence-electron chi connectivity index (χ4n) is 1.22. The molecule has 0 atom stereocenters. The Morgan fingerprint density at radius 2 is 2.27 bits per heavy atom. The highest BCUT2D eigenvalue weighted by molar-refractivity contribution is 4.90. The summed E-state index contributed by atoms with van der Waals surface area (Å²) >= 11 is 0. The predicted molar refractivity (Wildman–Crippen MR) is 49.6 cm³/mol. The molecule has 0 amide bonds. The molecule has 0 radical (unpaired) electrons. The SMILES string of the molecule is C=C(C)CNCCCC1CC1. The molecule has 0 unspecified atom stereocenters. The van der Waals surface area contributed by atoms with Crippen LogP contribution < -0.4 is 5.32 Å². The van der Waals surface area contributed by atoms with Crippen molar-refractivity contribution in [3.63, 3.8) is 0 Å². The lowest BCUT2D eigenvalue weighted by Crippen LogP contribution is -2.17. The zero-order chi connectivity index (χ0) is 8.10. The Morgan fingerprint density at radius 3 is 2.82 bits per heavy atom. The molecule has 1 fully saturated rings. The van der Waals surface area contributed by atoms with Gasteiger partial charge in [-0.15, -0.1) is 0 Å². The average molecular weight is 153 g/mol. The van der Waals surface area contributed by atoms with Crippen LogP contribution in [0.3, 0.4) is 0 Å². The molecular weight excluding hydrogens is 134 g/mol. The van der Waals surface area contributed by atoms with E-state index in [-0.39, 0.29) is 0 Å². The van der Waals surface area contributed by atoms with Crippen LogP contribution in [0.4, 0.5) is 0 Å². The first-order chi connectivity index (χ1) is 5.29. The molecule has 1 nitrogen and oxygen atoms in total. The lowest BCUT2D eigenvalue weighted by Gasteiger charge is -2.02. The molecule has 1 aliphatic carbocycles. The van der Waals surface area contributed by atoms with Gasteiger partial charge in [-0.05, 0) is 32.2 Å². The van der Waals surface area contributed by atoms with Crippen LogP contribution in [-0.2, 0) is 0 Å². The van der Waals surface area contributed by atoms with Crippen LogP contribution >= 0.6 is 0 Å². The molecule has 0 spiro atoms. The van der Waals surface area contributed by atoms with E-state index in [1.165, 1.54) is 37.8 Å². The van der Waals surface area contributed by atoms with Crippen LogP contribution in [0, 0.1) is 5.92 Å². The Bertz CT molecular complexity index is 125. The zero-order valence-corrected chi connectivity index (χ0v) is 7.53. The third kappa shape index (κ3) is 5.02. The minimum Gasteiger partial charge on any atom is -0.313 e. The van der Waals surface area contributed by atoms with E-state index in [1.54, 1.807) is 0 Å². The Balaban J connectivity index is 1.76. The van der Waals surface area contributed by atoms with Crippen LogP contribution in [0.1, 0.15) is 32.6 Å². The van der Waals surface area contributed by atoms with Crippen molar-refractivity contribution in [3.8, 4) is 0 Å². The van der Waals surface area contributed by atoms with Gasteiger partial charge in [0.1, 0.15) is 0 Å².